The molecule has 26 heavy (non-hydrogen) atoms. The summed E-state index contributed by atoms with van der Waals surface area (Å²) in [6, 6.07) is 0.399. The Balaban J connectivity index is 4.43. The fourth-order valence-corrected chi connectivity index (χ4v) is 2.90. The van der Waals surface area contributed by atoms with Crippen molar-refractivity contribution in [3.05, 3.63) is 37.5 Å². The van der Waals surface area contributed by atoms with E-state index in [0.29, 0.717) is 6.04 Å². The van der Waals surface area contributed by atoms with Gasteiger partial charge in [0.1, 0.15) is 0 Å². The van der Waals surface area contributed by atoms with Crippen molar-refractivity contribution in [1.29, 1.82) is 0 Å². The number of rotatable bonds is 15. The number of unbranched alkanes of at least 4 members (excludes halogenated alkanes) is 1. The van der Waals surface area contributed by atoms with E-state index < -0.39 is 0 Å². The minimum atomic E-state index is -0.00535. The maximum absolute atomic E-state index is 11.8. The molecule has 0 fully saturated rings. The number of hydrogen-bond donors (Lipinski definition) is 0. The van der Waals surface area contributed by atoms with E-state index in [1.807, 2.05) is 20.0 Å². The normalized spacial score (nSPS) is 13.2. The van der Waals surface area contributed by atoms with Crippen LogP contribution in [0.1, 0.15) is 52.9 Å². The second-order valence-electron chi connectivity index (χ2n) is 6.68. The zero-order valence-corrected chi connectivity index (χ0v) is 17.4. The molecule has 0 aliphatic carbocycles. The van der Waals surface area contributed by atoms with Gasteiger partial charge in [-0.05, 0) is 64.3 Å². The van der Waals surface area contributed by atoms with Crippen molar-refractivity contribution < 1.29 is 4.79 Å². The Morgan fingerprint density at radius 2 is 1.92 bits per heavy atom. The maximum atomic E-state index is 11.8. The monoisotopic (exact) mass is 361 g/mol. The van der Waals surface area contributed by atoms with E-state index in [0.717, 1.165) is 64.0 Å². The first kappa shape index (κ1) is 24.3. The van der Waals surface area contributed by atoms with E-state index in [4.69, 9.17) is 0 Å². The lowest BCUT2D eigenvalue weighted by atomic mass is 10.1. The van der Waals surface area contributed by atoms with Gasteiger partial charge in [-0.25, -0.2) is 0 Å². The van der Waals surface area contributed by atoms with E-state index in [2.05, 4.69) is 49.0 Å². The van der Waals surface area contributed by atoms with Gasteiger partial charge in [0.15, 0.2) is 0 Å². The molecule has 0 aromatic heterocycles. The average molecular weight is 362 g/mol. The zero-order chi connectivity index (χ0) is 19.8. The molecule has 0 aliphatic heterocycles. The number of carbonyl (C=O) groups is 1. The van der Waals surface area contributed by atoms with E-state index in [-0.39, 0.29) is 5.91 Å². The van der Waals surface area contributed by atoms with Crippen LogP contribution in [-0.2, 0) is 4.79 Å². The summed E-state index contributed by atoms with van der Waals surface area (Å²) >= 11 is 0. The van der Waals surface area contributed by atoms with Gasteiger partial charge in [0.2, 0.25) is 5.91 Å². The van der Waals surface area contributed by atoms with Crippen LogP contribution in [0.4, 0.5) is 0 Å². The Labute approximate surface area is 161 Å². The molecule has 0 bridgehead atoms. The first-order valence-corrected chi connectivity index (χ1v) is 9.90. The predicted molar refractivity (Wildman–Crippen MR) is 115 cm³/mol. The molecule has 0 aromatic carbocycles. The Hall–Kier alpha value is -1.68. The summed E-state index contributed by atoms with van der Waals surface area (Å²) in [6.07, 6.45) is 12.7. The highest BCUT2D eigenvalue weighted by Gasteiger charge is 2.19. The molecule has 1 amide bonds. The highest BCUT2D eigenvalue weighted by atomic mass is 16.2. The molecule has 0 aromatic rings. The van der Waals surface area contributed by atoms with Crippen LogP contribution in [0.3, 0.4) is 0 Å². The summed E-state index contributed by atoms with van der Waals surface area (Å²) in [6.45, 7) is 17.5. The van der Waals surface area contributed by atoms with E-state index in [1.54, 1.807) is 4.90 Å². The highest BCUT2D eigenvalue weighted by molar-refractivity contribution is 5.92. The van der Waals surface area contributed by atoms with Crippen LogP contribution in [0, 0.1) is 0 Å². The van der Waals surface area contributed by atoms with Crippen molar-refractivity contribution >= 4 is 11.6 Å². The number of aliphatic imine (C=N–C) groups is 1. The zero-order valence-electron chi connectivity index (χ0n) is 17.4. The van der Waals surface area contributed by atoms with Crippen molar-refractivity contribution in [2.75, 3.05) is 33.2 Å². The smallest absolute Gasteiger partial charge is 0.245 e. The summed E-state index contributed by atoms with van der Waals surface area (Å²) in [5, 5.41) is 0. The van der Waals surface area contributed by atoms with Gasteiger partial charge in [-0.1, -0.05) is 32.6 Å². The van der Waals surface area contributed by atoms with E-state index in [9.17, 15) is 4.79 Å². The van der Waals surface area contributed by atoms with Crippen LogP contribution in [0.5, 0.6) is 0 Å². The fourth-order valence-electron chi connectivity index (χ4n) is 2.90. The third kappa shape index (κ3) is 11.0. The molecule has 4 nitrogen and oxygen atoms in total. The third-order valence-corrected chi connectivity index (χ3v) is 4.41. The first-order valence-electron chi connectivity index (χ1n) is 9.90. The Morgan fingerprint density at radius 1 is 1.19 bits per heavy atom. The second kappa shape index (κ2) is 15.6. The minimum absolute atomic E-state index is 0.00535. The molecule has 1 unspecified atom stereocenters. The van der Waals surface area contributed by atoms with Gasteiger partial charge in [0.25, 0.3) is 0 Å². The summed E-state index contributed by atoms with van der Waals surface area (Å²) in [7, 11) is 1.86. The van der Waals surface area contributed by atoms with E-state index >= 15 is 0 Å². The lowest BCUT2D eigenvalue weighted by Crippen LogP contribution is -2.44. The summed E-state index contributed by atoms with van der Waals surface area (Å²) < 4.78 is 0. The lowest BCUT2D eigenvalue weighted by molar-refractivity contribution is -0.125. The van der Waals surface area contributed by atoms with Gasteiger partial charge in [-0.15, -0.1) is 6.58 Å². The van der Waals surface area contributed by atoms with Crippen LogP contribution in [0.25, 0.3) is 0 Å². The molecule has 0 heterocycles. The van der Waals surface area contributed by atoms with Crippen molar-refractivity contribution in [2.45, 2.75) is 58.9 Å². The molecule has 0 saturated heterocycles. The van der Waals surface area contributed by atoms with Crippen molar-refractivity contribution in [2.24, 2.45) is 4.99 Å². The maximum Gasteiger partial charge on any atom is 0.245 e. The molecule has 0 spiro atoms. The summed E-state index contributed by atoms with van der Waals surface area (Å²) in [5.41, 5.74) is 1.08. The molecule has 0 rings (SSSR count). The van der Waals surface area contributed by atoms with Gasteiger partial charge in [-0.2, -0.15) is 0 Å². The summed E-state index contributed by atoms with van der Waals surface area (Å²) in [4.78, 5) is 20.7. The van der Waals surface area contributed by atoms with Gasteiger partial charge >= 0.3 is 0 Å². The number of allylic oxidation sites excluding steroid dienone is 3. The van der Waals surface area contributed by atoms with Crippen LogP contribution in [0.15, 0.2) is 42.5 Å². The quantitative estimate of drug-likeness (QED) is 0.186. The lowest BCUT2D eigenvalue weighted by Gasteiger charge is -2.33. The number of likely N-dealkylation sites (N-methyl/N-ethyl adjacent to an activating group) is 1. The average Bonchev–Trinajstić information content (AvgIpc) is 2.64. The topological polar surface area (TPSA) is 35.9 Å². The van der Waals surface area contributed by atoms with Gasteiger partial charge in [0, 0.05) is 31.9 Å². The molecule has 4 heteroatoms. The fraction of sp³-hybridized carbons (Fsp3) is 0.636. The van der Waals surface area contributed by atoms with E-state index in [1.165, 1.54) is 6.08 Å². The Kier molecular flexibility index (Phi) is 14.6. The Bertz CT molecular complexity index is 468. The van der Waals surface area contributed by atoms with Crippen LogP contribution >= 0.6 is 0 Å². The number of hydrogen-bond acceptors (Lipinski definition) is 3. The number of carbonyl (C=O) groups excluding carboxylic acids is 1. The van der Waals surface area contributed by atoms with Gasteiger partial charge in [-0.3, -0.25) is 14.7 Å². The van der Waals surface area contributed by atoms with Gasteiger partial charge in [0.05, 0.1) is 0 Å². The SMILES string of the molecule is C=CC/C=C\C(C)=NCCCCN(CCC)C(CC)CN(C)C(=O)C=C. The molecule has 0 aliphatic rings. The van der Waals surface area contributed by atoms with Crippen molar-refractivity contribution in [3.63, 3.8) is 0 Å². The molecule has 0 saturated carbocycles. The highest BCUT2D eigenvalue weighted by Crippen LogP contribution is 2.10. The largest absolute Gasteiger partial charge is 0.341 e. The van der Waals surface area contributed by atoms with Crippen LogP contribution in [-0.4, -0.2) is 60.7 Å². The van der Waals surface area contributed by atoms with Crippen molar-refractivity contribution in [3.8, 4) is 0 Å². The molecular formula is C22H39N3O. The minimum Gasteiger partial charge on any atom is -0.341 e. The standard InChI is InChI=1S/C22H39N3O/c1-7-11-12-15-20(5)23-16-13-14-18-25(17-8-2)21(9-3)19-24(6)22(26)10-4/h7,10,12,15,21H,1,4,8-9,11,13-14,16-19H2,2-3,5-6H3/b15-12-,23-20?. The van der Waals surface area contributed by atoms with Crippen molar-refractivity contribution in [1.82, 2.24) is 9.80 Å². The molecule has 1 atom stereocenters. The Morgan fingerprint density at radius 3 is 2.50 bits per heavy atom. The predicted octanol–water partition coefficient (Wildman–Crippen LogP) is 4.49. The number of amides is 1. The molecule has 0 radical (unpaired) electrons. The number of nitrogens with zero attached hydrogens (tertiary/aromatic N) is 3. The van der Waals surface area contributed by atoms with Gasteiger partial charge < -0.3 is 4.90 Å². The molecule has 148 valence electrons. The third-order valence-electron chi connectivity index (χ3n) is 4.41. The van der Waals surface area contributed by atoms with Crippen LogP contribution < -0.4 is 0 Å². The second-order valence-corrected chi connectivity index (χ2v) is 6.68. The molecular weight excluding hydrogens is 322 g/mol. The van der Waals surface area contributed by atoms with Crippen LogP contribution in [0.2, 0.25) is 0 Å². The first-order chi connectivity index (χ1) is 12.5. The summed E-state index contributed by atoms with van der Waals surface area (Å²) in [5.74, 6) is -0.00535. The molecule has 0 N–H and O–H groups in total.